The Bertz CT molecular complexity index is 1260. The first-order chi connectivity index (χ1) is 14.3. The van der Waals surface area contributed by atoms with Gasteiger partial charge >= 0.3 is 0 Å². The van der Waals surface area contributed by atoms with Gasteiger partial charge in [0.25, 0.3) is 0 Å². The van der Waals surface area contributed by atoms with E-state index in [0.29, 0.717) is 6.54 Å². The summed E-state index contributed by atoms with van der Waals surface area (Å²) in [6.45, 7) is 2.71. The molecule has 0 aliphatic rings. The van der Waals surface area contributed by atoms with Crippen molar-refractivity contribution in [1.29, 1.82) is 0 Å². The van der Waals surface area contributed by atoms with Gasteiger partial charge in [0.2, 0.25) is 0 Å². The SMILES string of the molecule is Cc1ccc(Cn2nnc3c(-c4ccccc4)nnc(-c4ccccc4)c32)cc1. The molecule has 0 spiro atoms. The van der Waals surface area contributed by atoms with Gasteiger partial charge in [-0.2, -0.15) is 0 Å². The molecule has 5 nitrogen and oxygen atoms in total. The normalized spacial score (nSPS) is 11.1. The molecular formula is C24H19N5. The topological polar surface area (TPSA) is 56.5 Å². The Balaban J connectivity index is 1.72. The Morgan fingerprint density at radius 1 is 0.655 bits per heavy atom. The molecule has 2 aromatic heterocycles. The summed E-state index contributed by atoms with van der Waals surface area (Å²) in [6.07, 6.45) is 0. The van der Waals surface area contributed by atoms with Crippen molar-refractivity contribution in [3.8, 4) is 22.5 Å². The van der Waals surface area contributed by atoms with Gasteiger partial charge in [0.1, 0.15) is 22.4 Å². The van der Waals surface area contributed by atoms with E-state index in [4.69, 9.17) is 0 Å². The molecule has 0 atom stereocenters. The van der Waals surface area contributed by atoms with Crippen LogP contribution in [-0.4, -0.2) is 25.2 Å². The van der Waals surface area contributed by atoms with Gasteiger partial charge in [-0.25, -0.2) is 4.68 Å². The first-order valence-corrected chi connectivity index (χ1v) is 9.56. The highest BCUT2D eigenvalue weighted by atomic mass is 15.4. The van der Waals surface area contributed by atoms with E-state index < -0.39 is 0 Å². The lowest BCUT2D eigenvalue weighted by atomic mass is 10.1. The lowest BCUT2D eigenvalue weighted by molar-refractivity contribution is 0.669. The fraction of sp³-hybridized carbons (Fsp3) is 0.0833. The van der Waals surface area contributed by atoms with Gasteiger partial charge in [0, 0.05) is 11.1 Å². The van der Waals surface area contributed by atoms with Crippen molar-refractivity contribution in [3.63, 3.8) is 0 Å². The minimum atomic E-state index is 0.622. The van der Waals surface area contributed by atoms with E-state index >= 15 is 0 Å². The van der Waals surface area contributed by atoms with E-state index in [2.05, 4.69) is 51.7 Å². The number of rotatable bonds is 4. The zero-order valence-corrected chi connectivity index (χ0v) is 16.0. The Morgan fingerprint density at radius 3 is 1.90 bits per heavy atom. The van der Waals surface area contributed by atoms with Crippen molar-refractivity contribution in [2.24, 2.45) is 0 Å². The fourth-order valence-corrected chi connectivity index (χ4v) is 3.46. The second kappa shape index (κ2) is 7.28. The van der Waals surface area contributed by atoms with Gasteiger partial charge in [-0.15, -0.1) is 15.3 Å². The van der Waals surface area contributed by atoms with Crippen LogP contribution in [0, 0.1) is 6.92 Å². The summed E-state index contributed by atoms with van der Waals surface area (Å²) in [5.41, 5.74) is 7.57. The Hall–Kier alpha value is -3.86. The van der Waals surface area contributed by atoms with Crippen LogP contribution in [0.15, 0.2) is 84.9 Å². The average molecular weight is 377 g/mol. The summed E-state index contributed by atoms with van der Waals surface area (Å²) in [5, 5.41) is 18.1. The molecule has 0 saturated heterocycles. The molecule has 29 heavy (non-hydrogen) atoms. The first kappa shape index (κ1) is 17.3. The number of nitrogens with zero attached hydrogens (tertiary/aromatic N) is 5. The molecule has 0 unspecified atom stereocenters. The van der Waals surface area contributed by atoms with Crippen molar-refractivity contribution < 1.29 is 0 Å². The highest BCUT2D eigenvalue weighted by molar-refractivity contribution is 5.96. The maximum absolute atomic E-state index is 4.59. The van der Waals surface area contributed by atoms with E-state index in [1.807, 2.05) is 65.3 Å². The number of aryl methyl sites for hydroxylation is 1. The number of hydrogen-bond donors (Lipinski definition) is 0. The summed E-state index contributed by atoms with van der Waals surface area (Å²) in [4.78, 5) is 0. The van der Waals surface area contributed by atoms with Crippen molar-refractivity contribution in [3.05, 3.63) is 96.1 Å². The third-order valence-electron chi connectivity index (χ3n) is 4.98. The molecule has 0 amide bonds. The van der Waals surface area contributed by atoms with E-state index in [-0.39, 0.29) is 0 Å². The lowest BCUT2D eigenvalue weighted by Crippen LogP contribution is -2.04. The smallest absolute Gasteiger partial charge is 0.143 e. The Kier molecular flexibility index (Phi) is 4.33. The number of aromatic nitrogens is 5. The highest BCUT2D eigenvalue weighted by Crippen LogP contribution is 2.31. The largest absolute Gasteiger partial charge is 0.238 e. The molecule has 0 saturated carbocycles. The van der Waals surface area contributed by atoms with Crippen LogP contribution in [-0.2, 0) is 6.54 Å². The molecule has 0 aliphatic heterocycles. The highest BCUT2D eigenvalue weighted by Gasteiger charge is 2.19. The fourth-order valence-electron chi connectivity index (χ4n) is 3.46. The molecule has 3 aromatic carbocycles. The van der Waals surface area contributed by atoms with Crippen LogP contribution in [0.4, 0.5) is 0 Å². The van der Waals surface area contributed by atoms with Crippen LogP contribution in [0.25, 0.3) is 33.5 Å². The third-order valence-corrected chi connectivity index (χ3v) is 4.98. The van der Waals surface area contributed by atoms with Gasteiger partial charge in [-0.05, 0) is 12.5 Å². The molecule has 5 rings (SSSR count). The van der Waals surface area contributed by atoms with Crippen LogP contribution in [0.3, 0.4) is 0 Å². The standard InChI is InChI=1S/C24H19N5/c1-17-12-14-18(15-13-17)16-29-24-22(20-10-6-3-7-11-20)26-25-21(23(24)27-28-29)19-8-4-2-5-9-19/h2-15H,16H2,1H3. The molecule has 2 heterocycles. The average Bonchev–Trinajstić information content (AvgIpc) is 3.20. The van der Waals surface area contributed by atoms with E-state index in [1.165, 1.54) is 11.1 Å². The first-order valence-electron chi connectivity index (χ1n) is 9.56. The molecule has 5 heteroatoms. The minimum Gasteiger partial charge on any atom is -0.238 e. The van der Waals surface area contributed by atoms with E-state index in [1.54, 1.807) is 0 Å². The van der Waals surface area contributed by atoms with Crippen molar-refractivity contribution in [1.82, 2.24) is 25.2 Å². The predicted octanol–water partition coefficient (Wildman–Crippen LogP) is 4.91. The maximum atomic E-state index is 4.59. The number of fused-ring (bicyclic) bond motifs is 1. The molecule has 5 aromatic rings. The van der Waals surface area contributed by atoms with Crippen LogP contribution in [0.1, 0.15) is 11.1 Å². The van der Waals surface area contributed by atoms with Crippen LogP contribution in [0.2, 0.25) is 0 Å². The molecule has 140 valence electrons. The Morgan fingerprint density at radius 2 is 1.24 bits per heavy atom. The maximum Gasteiger partial charge on any atom is 0.143 e. The van der Waals surface area contributed by atoms with Crippen LogP contribution < -0.4 is 0 Å². The number of hydrogen-bond acceptors (Lipinski definition) is 4. The predicted molar refractivity (Wildman–Crippen MR) is 114 cm³/mol. The molecular weight excluding hydrogens is 358 g/mol. The zero-order chi connectivity index (χ0) is 19.6. The summed E-state index contributed by atoms with van der Waals surface area (Å²) in [6, 6.07) is 28.5. The van der Waals surface area contributed by atoms with Crippen LogP contribution in [0.5, 0.6) is 0 Å². The van der Waals surface area contributed by atoms with Crippen LogP contribution >= 0.6 is 0 Å². The van der Waals surface area contributed by atoms with Gasteiger partial charge in [-0.3, -0.25) is 0 Å². The van der Waals surface area contributed by atoms with Gasteiger partial charge in [0.15, 0.2) is 0 Å². The minimum absolute atomic E-state index is 0.622. The van der Waals surface area contributed by atoms with Crippen molar-refractivity contribution in [2.75, 3.05) is 0 Å². The summed E-state index contributed by atoms with van der Waals surface area (Å²) in [5.74, 6) is 0. The summed E-state index contributed by atoms with van der Waals surface area (Å²) >= 11 is 0. The number of benzene rings is 3. The second-order valence-corrected chi connectivity index (χ2v) is 7.06. The van der Waals surface area contributed by atoms with Gasteiger partial charge in [0.05, 0.1) is 6.54 Å². The zero-order valence-electron chi connectivity index (χ0n) is 16.0. The Labute approximate surface area is 168 Å². The van der Waals surface area contributed by atoms with E-state index in [9.17, 15) is 0 Å². The van der Waals surface area contributed by atoms with Gasteiger partial charge < -0.3 is 0 Å². The summed E-state index contributed by atoms with van der Waals surface area (Å²) in [7, 11) is 0. The van der Waals surface area contributed by atoms with Gasteiger partial charge in [-0.1, -0.05) is 95.7 Å². The molecule has 0 N–H and O–H groups in total. The second-order valence-electron chi connectivity index (χ2n) is 7.06. The van der Waals surface area contributed by atoms with Crippen molar-refractivity contribution in [2.45, 2.75) is 13.5 Å². The molecule has 0 aliphatic carbocycles. The lowest BCUT2D eigenvalue weighted by Gasteiger charge is -2.09. The molecule has 0 bridgehead atoms. The third kappa shape index (κ3) is 3.27. The quantitative estimate of drug-likeness (QED) is 0.446. The molecule has 0 fully saturated rings. The molecule has 0 radical (unpaired) electrons. The van der Waals surface area contributed by atoms with Crippen molar-refractivity contribution >= 4 is 11.0 Å². The summed E-state index contributed by atoms with van der Waals surface area (Å²) < 4.78 is 1.92. The van der Waals surface area contributed by atoms with E-state index in [0.717, 1.165) is 33.5 Å². The monoisotopic (exact) mass is 377 g/mol.